The summed E-state index contributed by atoms with van der Waals surface area (Å²) in [7, 11) is 0. The van der Waals surface area contributed by atoms with Gasteiger partial charge in [0.2, 0.25) is 0 Å². The number of pyridine rings is 1. The minimum absolute atomic E-state index is 0.0289. The van der Waals surface area contributed by atoms with Crippen molar-refractivity contribution in [3.8, 4) is 0 Å². The van der Waals surface area contributed by atoms with Crippen molar-refractivity contribution >= 4 is 21.7 Å². The Kier molecular flexibility index (Phi) is 3.70. The lowest BCUT2D eigenvalue weighted by molar-refractivity contribution is 0.0996. The van der Waals surface area contributed by atoms with E-state index in [0.717, 1.165) is 12.3 Å². The fourth-order valence-electron chi connectivity index (χ4n) is 1.68. The zero-order valence-corrected chi connectivity index (χ0v) is 10.1. The molecule has 6 heteroatoms. The fourth-order valence-corrected chi connectivity index (χ4v) is 2.22. The number of hydrogen-bond acceptors (Lipinski definition) is 3. The van der Waals surface area contributed by atoms with Gasteiger partial charge in [0.25, 0.3) is 0 Å². The van der Waals surface area contributed by atoms with Gasteiger partial charge in [0.1, 0.15) is 5.82 Å². The third-order valence-corrected chi connectivity index (χ3v) is 3.21. The largest absolute Gasteiger partial charge is 0.377 e. The van der Waals surface area contributed by atoms with Crippen LogP contribution in [0.3, 0.4) is 0 Å². The molecule has 2 heterocycles. The van der Waals surface area contributed by atoms with Gasteiger partial charge in [0.15, 0.2) is 11.6 Å². The molecule has 0 N–H and O–H groups in total. The summed E-state index contributed by atoms with van der Waals surface area (Å²) >= 11 is 3.34. The van der Waals surface area contributed by atoms with E-state index in [2.05, 4.69) is 20.9 Å². The summed E-state index contributed by atoms with van der Waals surface area (Å²) < 4.78 is 31.6. The molecular weight excluding hydrogens is 282 g/mol. The third-order valence-electron chi connectivity index (χ3n) is 2.47. The first-order valence-corrected chi connectivity index (χ1v) is 6.06. The molecule has 1 aliphatic rings. The van der Waals surface area contributed by atoms with Crippen molar-refractivity contribution in [2.75, 3.05) is 30.0 Å². The highest BCUT2D eigenvalue weighted by atomic mass is 79.9. The fraction of sp³-hybridized carbons (Fsp3) is 0.500. The van der Waals surface area contributed by atoms with E-state index in [1.807, 2.05) is 0 Å². The number of hydrogen-bond donors (Lipinski definition) is 0. The molecule has 0 saturated carbocycles. The molecule has 88 valence electrons. The Balaban J connectivity index is 2.27. The van der Waals surface area contributed by atoms with Gasteiger partial charge in [-0.05, 0) is 0 Å². The van der Waals surface area contributed by atoms with Crippen LogP contribution in [0, 0.1) is 11.6 Å². The number of anilines is 1. The van der Waals surface area contributed by atoms with Crippen LogP contribution < -0.4 is 4.90 Å². The first-order valence-electron chi connectivity index (χ1n) is 4.93. The van der Waals surface area contributed by atoms with E-state index in [4.69, 9.17) is 4.74 Å². The molecule has 1 unspecified atom stereocenters. The van der Waals surface area contributed by atoms with Crippen LogP contribution in [0.5, 0.6) is 0 Å². The van der Waals surface area contributed by atoms with Crippen LogP contribution in [0.2, 0.25) is 0 Å². The van der Waals surface area contributed by atoms with Gasteiger partial charge in [0.05, 0.1) is 25.5 Å². The van der Waals surface area contributed by atoms with E-state index >= 15 is 0 Å². The van der Waals surface area contributed by atoms with Crippen molar-refractivity contribution in [2.45, 2.75) is 6.04 Å². The molecule has 0 radical (unpaired) electrons. The molecule has 1 saturated heterocycles. The molecular formula is C10H11BrF2N2O. The second-order valence-electron chi connectivity index (χ2n) is 3.54. The lowest BCUT2D eigenvalue weighted by atomic mass is 10.2. The van der Waals surface area contributed by atoms with E-state index in [0.29, 0.717) is 25.1 Å². The summed E-state index contributed by atoms with van der Waals surface area (Å²) in [6.07, 6.45) is 1.03. The minimum Gasteiger partial charge on any atom is -0.377 e. The predicted octanol–water partition coefficient (Wildman–Crippen LogP) is 1.96. The number of nitrogens with zero attached hydrogens (tertiary/aromatic N) is 2. The topological polar surface area (TPSA) is 25.4 Å². The maximum Gasteiger partial charge on any atom is 0.168 e. The summed E-state index contributed by atoms with van der Waals surface area (Å²) in [6.45, 7) is 1.61. The van der Waals surface area contributed by atoms with Gasteiger partial charge in [0, 0.05) is 17.9 Å². The van der Waals surface area contributed by atoms with Crippen molar-refractivity contribution in [2.24, 2.45) is 0 Å². The normalized spacial score (nSPS) is 21.2. The number of ether oxygens (including phenoxy) is 1. The molecule has 3 nitrogen and oxygen atoms in total. The van der Waals surface area contributed by atoms with Crippen LogP contribution in [-0.2, 0) is 4.74 Å². The zero-order chi connectivity index (χ0) is 11.5. The van der Waals surface area contributed by atoms with Gasteiger partial charge in [-0.25, -0.2) is 13.8 Å². The Hall–Kier alpha value is -0.750. The second kappa shape index (κ2) is 5.05. The molecule has 2 rings (SSSR count). The molecule has 1 fully saturated rings. The molecule has 0 amide bonds. The predicted molar refractivity (Wildman–Crippen MR) is 59.9 cm³/mol. The van der Waals surface area contributed by atoms with Gasteiger partial charge in [-0.3, -0.25) is 0 Å². The Bertz CT molecular complexity index is 378. The van der Waals surface area contributed by atoms with Gasteiger partial charge in [-0.1, -0.05) is 15.9 Å². The van der Waals surface area contributed by atoms with E-state index in [1.165, 1.54) is 0 Å². The maximum atomic E-state index is 13.5. The van der Waals surface area contributed by atoms with Crippen molar-refractivity contribution in [1.29, 1.82) is 0 Å². The number of halogens is 3. The summed E-state index contributed by atoms with van der Waals surface area (Å²) in [4.78, 5) is 5.60. The van der Waals surface area contributed by atoms with E-state index in [9.17, 15) is 8.78 Å². The van der Waals surface area contributed by atoms with Crippen LogP contribution >= 0.6 is 15.9 Å². The summed E-state index contributed by atoms with van der Waals surface area (Å²) in [5, 5.41) is 0.658. The van der Waals surface area contributed by atoms with Gasteiger partial charge < -0.3 is 9.64 Å². The molecule has 0 aliphatic carbocycles. The van der Waals surface area contributed by atoms with Crippen LogP contribution in [0.25, 0.3) is 0 Å². The Morgan fingerprint density at radius 3 is 3.06 bits per heavy atom. The maximum absolute atomic E-state index is 13.5. The number of morpholine rings is 1. The molecule has 0 aromatic carbocycles. The quantitative estimate of drug-likeness (QED) is 0.779. The monoisotopic (exact) mass is 292 g/mol. The molecule has 1 aliphatic heterocycles. The number of aromatic nitrogens is 1. The summed E-state index contributed by atoms with van der Waals surface area (Å²) in [5.41, 5.74) is 0. The third kappa shape index (κ3) is 2.32. The lowest BCUT2D eigenvalue weighted by Gasteiger charge is -2.35. The molecule has 1 atom stereocenters. The molecule has 16 heavy (non-hydrogen) atoms. The number of rotatable bonds is 2. The van der Waals surface area contributed by atoms with Crippen molar-refractivity contribution < 1.29 is 13.5 Å². The number of alkyl halides is 1. The van der Waals surface area contributed by atoms with E-state index < -0.39 is 11.6 Å². The Morgan fingerprint density at radius 2 is 2.38 bits per heavy atom. The SMILES string of the molecule is Fc1cnc(N2CCOCC2CBr)c(F)c1. The Morgan fingerprint density at radius 1 is 1.56 bits per heavy atom. The van der Waals surface area contributed by atoms with Gasteiger partial charge >= 0.3 is 0 Å². The molecule has 1 aromatic heterocycles. The highest BCUT2D eigenvalue weighted by molar-refractivity contribution is 9.09. The average Bonchev–Trinajstić information content (AvgIpc) is 2.29. The summed E-state index contributed by atoms with van der Waals surface area (Å²) in [6, 6.07) is 0.879. The van der Waals surface area contributed by atoms with Crippen molar-refractivity contribution in [3.05, 3.63) is 23.9 Å². The standard InChI is InChI=1S/C10H11BrF2N2O/c11-4-8-6-16-2-1-15(8)10-9(13)3-7(12)5-14-10/h3,5,8H,1-2,4,6H2. The first-order chi connectivity index (χ1) is 7.72. The van der Waals surface area contributed by atoms with Crippen LogP contribution in [-0.4, -0.2) is 36.1 Å². The smallest absolute Gasteiger partial charge is 0.168 e. The first kappa shape index (κ1) is 11.7. The molecule has 0 bridgehead atoms. The van der Waals surface area contributed by atoms with Crippen LogP contribution in [0.4, 0.5) is 14.6 Å². The molecule has 1 aromatic rings. The van der Waals surface area contributed by atoms with E-state index in [-0.39, 0.29) is 11.9 Å². The highest BCUT2D eigenvalue weighted by Gasteiger charge is 2.25. The Labute approximate surface area is 101 Å². The van der Waals surface area contributed by atoms with Crippen LogP contribution in [0.1, 0.15) is 0 Å². The molecule has 0 spiro atoms. The second-order valence-corrected chi connectivity index (χ2v) is 4.18. The minimum atomic E-state index is -0.662. The van der Waals surface area contributed by atoms with Gasteiger partial charge in [-0.15, -0.1) is 0 Å². The zero-order valence-electron chi connectivity index (χ0n) is 8.50. The average molecular weight is 293 g/mol. The van der Waals surface area contributed by atoms with Gasteiger partial charge in [-0.2, -0.15) is 0 Å². The van der Waals surface area contributed by atoms with Crippen molar-refractivity contribution in [1.82, 2.24) is 4.98 Å². The van der Waals surface area contributed by atoms with E-state index in [1.54, 1.807) is 4.90 Å². The lowest BCUT2D eigenvalue weighted by Crippen LogP contribution is -2.47. The van der Waals surface area contributed by atoms with Crippen molar-refractivity contribution in [3.63, 3.8) is 0 Å². The highest BCUT2D eigenvalue weighted by Crippen LogP contribution is 2.22. The van der Waals surface area contributed by atoms with Crippen LogP contribution in [0.15, 0.2) is 12.3 Å². The summed E-state index contributed by atoms with van der Waals surface area (Å²) in [5.74, 6) is -1.10.